The first-order valence-corrected chi connectivity index (χ1v) is 7.50. The van der Waals surface area contributed by atoms with Crippen LogP contribution >= 0.6 is 0 Å². The summed E-state index contributed by atoms with van der Waals surface area (Å²) in [4.78, 5) is 22.8. The van der Waals surface area contributed by atoms with Crippen LogP contribution in [0.5, 0.6) is 0 Å². The van der Waals surface area contributed by atoms with Crippen molar-refractivity contribution in [2.45, 2.75) is 39.5 Å². The topological polar surface area (TPSA) is 70.2 Å². The largest absolute Gasteiger partial charge is 0.326 e. The maximum Gasteiger partial charge on any atom is 0.225 e. The van der Waals surface area contributed by atoms with E-state index in [1.165, 1.54) is 19.8 Å². The second-order valence-electron chi connectivity index (χ2n) is 5.02. The number of benzene rings is 1. The highest BCUT2D eigenvalue weighted by molar-refractivity contribution is 5.93. The number of anilines is 2. The average molecular weight is 291 g/mol. The molecule has 0 atom stereocenters. The molecule has 1 aromatic carbocycles. The molecule has 0 aliphatic rings. The Labute approximate surface area is 126 Å². The molecule has 116 valence electrons. The van der Waals surface area contributed by atoms with Crippen LogP contribution in [0.25, 0.3) is 0 Å². The summed E-state index contributed by atoms with van der Waals surface area (Å²) in [6, 6.07) is 7.13. The van der Waals surface area contributed by atoms with Gasteiger partial charge in [-0.25, -0.2) is 0 Å². The van der Waals surface area contributed by atoms with Gasteiger partial charge in [0.05, 0.1) is 0 Å². The normalized spacial score (nSPS) is 10.2. The second kappa shape index (κ2) is 9.94. The van der Waals surface area contributed by atoms with Gasteiger partial charge < -0.3 is 16.0 Å². The summed E-state index contributed by atoms with van der Waals surface area (Å²) in [5.41, 5.74) is 1.37. The minimum atomic E-state index is -0.130. The van der Waals surface area contributed by atoms with Crippen molar-refractivity contribution in [3.05, 3.63) is 24.3 Å². The van der Waals surface area contributed by atoms with Gasteiger partial charge in [-0.3, -0.25) is 9.59 Å². The van der Waals surface area contributed by atoms with E-state index in [0.29, 0.717) is 24.3 Å². The lowest BCUT2D eigenvalue weighted by molar-refractivity contribution is -0.116. The summed E-state index contributed by atoms with van der Waals surface area (Å²) in [6.45, 7) is 5.26. The van der Waals surface area contributed by atoms with E-state index in [4.69, 9.17) is 0 Å². The summed E-state index contributed by atoms with van der Waals surface area (Å²) in [5, 5.41) is 8.77. The fraction of sp³-hybridized carbons (Fsp3) is 0.500. The van der Waals surface area contributed by atoms with E-state index in [0.717, 1.165) is 13.0 Å². The Hall–Kier alpha value is -1.88. The van der Waals surface area contributed by atoms with E-state index in [1.807, 2.05) is 0 Å². The van der Waals surface area contributed by atoms with Crippen molar-refractivity contribution in [2.24, 2.45) is 0 Å². The molecule has 5 nitrogen and oxygen atoms in total. The van der Waals surface area contributed by atoms with Gasteiger partial charge in [0.25, 0.3) is 0 Å². The molecule has 2 amide bonds. The molecular weight excluding hydrogens is 266 g/mol. The molecule has 1 aromatic rings. The standard InChI is InChI=1S/C16H25N3O2/c1-3-4-5-10-17-11-9-16(21)19-15-8-6-7-14(12-15)18-13(2)20/h6-8,12,17H,3-5,9-11H2,1-2H3,(H,18,20)(H,19,21). The number of nitrogens with one attached hydrogen (secondary N) is 3. The molecule has 0 aliphatic carbocycles. The number of rotatable bonds is 9. The maximum absolute atomic E-state index is 11.8. The molecule has 0 saturated heterocycles. The Morgan fingerprint density at radius 1 is 1.05 bits per heavy atom. The molecule has 0 aromatic heterocycles. The van der Waals surface area contributed by atoms with Crippen molar-refractivity contribution in [2.75, 3.05) is 23.7 Å². The molecule has 5 heteroatoms. The minimum absolute atomic E-state index is 0.0297. The van der Waals surface area contributed by atoms with Gasteiger partial charge in [0.1, 0.15) is 0 Å². The molecule has 0 bridgehead atoms. The summed E-state index contributed by atoms with van der Waals surface area (Å²) in [7, 11) is 0. The van der Waals surface area contributed by atoms with Crippen LogP contribution in [0, 0.1) is 0 Å². The Morgan fingerprint density at radius 2 is 1.76 bits per heavy atom. The van der Waals surface area contributed by atoms with E-state index in [1.54, 1.807) is 24.3 Å². The number of hydrogen-bond donors (Lipinski definition) is 3. The van der Waals surface area contributed by atoms with Crippen LogP contribution in [0.1, 0.15) is 39.5 Å². The molecule has 1 rings (SSSR count). The van der Waals surface area contributed by atoms with Crippen LogP contribution in [-0.4, -0.2) is 24.9 Å². The Morgan fingerprint density at radius 3 is 2.43 bits per heavy atom. The third-order valence-electron chi connectivity index (χ3n) is 2.95. The first-order valence-electron chi connectivity index (χ1n) is 7.50. The quantitative estimate of drug-likeness (QED) is 0.613. The molecular formula is C16H25N3O2. The second-order valence-corrected chi connectivity index (χ2v) is 5.02. The fourth-order valence-electron chi connectivity index (χ4n) is 1.93. The third-order valence-corrected chi connectivity index (χ3v) is 2.95. The van der Waals surface area contributed by atoms with E-state index < -0.39 is 0 Å². The van der Waals surface area contributed by atoms with E-state index in [-0.39, 0.29) is 11.8 Å². The molecule has 3 N–H and O–H groups in total. The lowest BCUT2D eigenvalue weighted by Gasteiger charge is -2.08. The SMILES string of the molecule is CCCCCNCCC(=O)Nc1cccc(NC(C)=O)c1. The van der Waals surface area contributed by atoms with Crippen molar-refractivity contribution in [1.82, 2.24) is 5.32 Å². The third kappa shape index (κ3) is 8.09. The molecule has 0 radical (unpaired) electrons. The van der Waals surface area contributed by atoms with Crippen molar-refractivity contribution in [3.63, 3.8) is 0 Å². The molecule has 0 aliphatic heterocycles. The number of carbonyl (C=O) groups excluding carboxylic acids is 2. The maximum atomic E-state index is 11.8. The zero-order valence-corrected chi connectivity index (χ0v) is 12.9. The molecule has 21 heavy (non-hydrogen) atoms. The Balaban J connectivity index is 2.29. The van der Waals surface area contributed by atoms with Gasteiger partial charge in [-0.05, 0) is 31.2 Å². The zero-order valence-electron chi connectivity index (χ0n) is 12.9. The van der Waals surface area contributed by atoms with Crippen LogP contribution in [0.3, 0.4) is 0 Å². The monoisotopic (exact) mass is 291 g/mol. The predicted molar refractivity (Wildman–Crippen MR) is 86.4 cm³/mol. The Bertz CT molecular complexity index is 461. The van der Waals surface area contributed by atoms with Gasteiger partial charge >= 0.3 is 0 Å². The Kier molecular flexibility index (Phi) is 8.12. The van der Waals surface area contributed by atoms with E-state index >= 15 is 0 Å². The van der Waals surface area contributed by atoms with Crippen molar-refractivity contribution in [3.8, 4) is 0 Å². The highest BCUT2D eigenvalue weighted by Gasteiger charge is 2.03. The van der Waals surface area contributed by atoms with Crippen LogP contribution in [-0.2, 0) is 9.59 Å². The van der Waals surface area contributed by atoms with Crippen LogP contribution in [0.15, 0.2) is 24.3 Å². The van der Waals surface area contributed by atoms with Gasteiger partial charge in [-0.1, -0.05) is 25.8 Å². The molecule has 0 saturated carbocycles. The van der Waals surface area contributed by atoms with Crippen molar-refractivity contribution >= 4 is 23.2 Å². The van der Waals surface area contributed by atoms with Gasteiger partial charge in [0.15, 0.2) is 0 Å². The first-order chi connectivity index (χ1) is 10.1. The van der Waals surface area contributed by atoms with E-state index in [9.17, 15) is 9.59 Å². The number of amides is 2. The van der Waals surface area contributed by atoms with Crippen LogP contribution in [0.2, 0.25) is 0 Å². The fourth-order valence-corrected chi connectivity index (χ4v) is 1.93. The summed E-state index contributed by atoms with van der Waals surface area (Å²) in [5.74, 6) is -0.160. The van der Waals surface area contributed by atoms with Crippen LogP contribution < -0.4 is 16.0 Å². The van der Waals surface area contributed by atoms with Gasteiger partial charge in [0, 0.05) is 31.3 Å². The minimum Gasteiger partial charge on any atom is -0.326 e. The molecule has 0 unspecified atom stereocenters. The lowest BCUT2D eigenvalue weighted by atomic mass is 10.2. The van der Waals surface area contributed by atoms with Gasteiger partial charge in [-0.2, -0.15) is 0 Å². The molecule has 0 spiro atoms. The predicted octanol–water partition coefficient (Wildman–Crippen LogP) is 2.75. The average Bonchev–Trinajstić information content (AvgIpc) is 2.42. The number of hydrogen-bond acceptors (Lipinski definition) is 3. The van der Waals surface area contributed by atoms with Crippen molar-refractivity contribution < 1.29 is 9.59 Å². The zero-order chi connectivity index (χ0) is 15.5. The van der Waals surface area contributed by atoms with Gasteiger partial charge in [0.2, 0.25) is 11.8 Å². The summed E-state index contributed by atoms with van der Waals surface area (Å²) >= 11 is 0. The summed E-state index contributed by atoms with van der Waals surface area (Å²) in [6.07, 6.45) is 4.01. The number of carbonyl (C=O) groups is 2. The highest BCUT2D eigenvalue weighted by Crippen LogP contribution is 2.15. The summed E-state index contributed by atoms with van der Waals surface area (Å²) < 4.78 is 0. The smallest absolute Gasteiger partial charge is 0.225 e. The molecule has 0 fully saturated rings. The van der Waals surface area contributed by atoms with E-state index in [2.05, 4.69) is 22.9 Å². The van der Waals surface area contributed by atoms with Crippen molar-refractivity contribution in [1.29, 1.82) is 0 Å². The molecule has 0 heterocycles. The van der Waals surface area contributed by atoms with Gasteiger partial charge in [-0.15, -0.1) is 0 Å². The first kappa shape index (κ1) is 17.2. The van der Waals surface area contributed by atoms with Crippen LogP contribution in [0.4, 0.5) is 11.4 Å². The highest BCUT2D eigenvalue weighted by atomic mass is 16.2. The lowest BCUT2D eigenvalue weighted by Crippen LogP contribution is -2.22. The number of unbranched alkanes of at least 4 members (excludes halogenated alkanes) is 2.